The van der Waals surface area contributed by atoms with Crippen LogP contribution in [0.25, 0.3) is 0 Å². The Bertz CT molecular complexity index is 713. The predicted molar refractivity (Wildman–Crippen MR) is 98.0 cm³/mol. The molecule has 0 radical (unpaired) electrons. The highest BCUT2D eigenvalue weighted by atomic mass is 16.5. The number of anilines is 1. The zero-order valence-electron chi connectivity index (χ0n) is 14.7. The third-order valence-electron chi connectivity index (χ3n) is 4.32. The zero-order chi connectivity index (χ0) is 17.6. The summed E-state index contributed by atoms with van der Waals surface area (Å²) in [4.78, 5) is 20.6. The molecule has 0 saturated carbocycles. The van der Waals surface area contributed by atoms with Gasteiger partial charge < -0.3 is 19.9 Å². The average molecular weight is 340 g/mol. The third kappa shape index (κ3) is 4.41. The minimum atomic E-state index is -0.0922. The van der Waals surface area contributed by atoms with E-state index in [2.05, 4.69) is 21.3 Å². The van der Waals surface area contributed by atoms with Gasteiger partial charge in [-0.05, 0) is 37.6 Å². The Balaban J connectivity index is 1.43. The van der Waals surface area contributed by atoms with E-state index in [-0.39, 0.29) is 12.8 Å². The fraction of sp³-hybridized carbons (Fsp3) is 0.368. The highest BCUT2D eigenvalue weighted by Crippen LogP contribution is 2.18. The van der Waals surface area contributed by atoms with Gasteiger partial charge in [0.05, 0.1) is 0 Å². The van der Waals surface area contributed by atoms with Crippen molar-refractivity contribution in [3.8, 4) is 5.75 Å². The van der Waals surface area contributed by atoms with Gasteiger partial charge in [0.1, 0.15) is 11.6 Å². The van der Waals surface area contributed by atoms with Crippen LogP contribution >= 0.6 is 0 Å². The van der Waals surface area contributed by atoms with E-state index < -0.39 is 0 Å². The van der Waals surface area contributed by atoms with Gasteiger partial charge in [0.25, 0.3) is 0 Å². The van der Waals surface area contributed by atoms with Gasteiger partial charge in [-0.2, -0.15) is 0 Å². The van der Waals surface area contributed by atoms with Crippen molar-refractivity contribution < 1.29 is 9.53 Å². The van der Waals surface area contributed by atoms with Crippen molar-refractivity contribution in [2.75, 3.05) is 37.8 Å². The smallest absolute Gasteiger partial charge is 0.320 e. The van der Waals surface area contributed by atoms with E-state index >= 15 is 0 Å². The van der Waals surface area contributed by atoms with Crippen molar-refractivity contribution >= 4 is 11.8 Å². The Kier molecular flexibility index (Phi) is 5.38. The van der Waals surface area contributed by atoms with E-state index in [1.165, 1.54) is 5.56 Å². The van der Waals surface area contributed by atoms with Crippen molar-refractivity contribution in [2.24, 2.45) is 0 Å². The number of pyridine rings is 1. The average Bonchev–Trinajstić information content (AvgIpc) is 2.64. The van der Waals surface area contributed by atoms with Gasteiger partial charge in [-0.25, -0.2) is 9.78 Å². The molecular formula is C19H24N4O2. The van der Waals surface area contributed by atoms with Gasteiger partial charge in [0.15, 0.2) is 6.73 Å². The molecule has 2 heterocycles. The molecule has 25 heavy (non-hydrogen) atoms. The van der Waals surface area contributed by atoms with Crippen LogP contribution in [-0.2, 0) is 0 Å². The van der Waals surface area contributed by atoms with Crippen LogP contribution in [0.3, 0.4) is 0 Å². The highest BCUT2D eigenvalue weighted by molar-refractivity contribution is 5.74. The van der Waals surface area contributed by atoms with E-state index in [1.807, 2.05) is 49.1 Å². The maximum Gasteiger partial charge on any atom is 0.320 e. The van der Waals surface area contributed by atoms with Crippen molar-refractivity contribution in [1.82, 2.24) is 15.2 Å². The number of piperazine rings is 1. The molecular weight excluding hydrogens is 316 g/mol. The molecule has 6 nitrogen and oxygen atoms in total. The maximum atomic E-state index is 12.3. The quantitative estimate of drug-likeness (QED) is 0.869. The molecule has 0 aliphatic carbocycles. The Morgan fingerprint density at radius 3 is 2.64 bits per heavy atom. The molecule has 0 bridgehead atoms. The minimum absolute atomic E-state index is 0.0922. The first-order chi connectivity index (χ1) is 12.1. The molecule has 3 rings (SSSR count). The van der Waals surface area contributed by atoms with Gasteiger partial charge in [-0.3, -0.25) is 0 Å². The predicted octanol–water partition coefficient (Wildman–Crippen LogP) is 2.57. The maximum absolute atomic E-state index is 12.3. The van der Waals surface area contributed by atoms with Crippen LogP contribution in [0, 0.1) is 13.8 Å². The molecule has 0 atom stereocenters. The topological polar surface area (TPSA) is 57.7 Å². The van der Waals surface area contributed by atoms with Crippen LogP contribution in [0.4, 0.5) is 10.6 Å². The molecule has 132 valence electrons. The number of benzene rings is 1. The highest BCUT2D eigenvalue weighted by Gasteiger charge is 2.21. The first kappa shape index (κ1) is 17.1. The van der Waals surface area contributed by atoms with Crippen molar-refractivity contribution in [2.45, 2.75) is 13.8 Å². The molecule has 6 heteroatoms. The van der Waals surface area contributed by atoms with Crippen molar-refractivity contribution in [1.29, 1.82) is 0 Å². The summed E-state index contributed by atoms with van der Waals surface area (Å²) in [6, 6.07) is 11.8. The fourth-order valence-corrected chi connectivity index (χ4v) is 2.93. The number of amides is 2. The number of rotatable bonds is 4. The summed E-state index contributed by atoms with van der Waals surface area (Å²) in [5.74, 6) is 1.76. The number of nitrogens with one attached hydrogen (secondary N) is 1. The Hall–Kier alpha value is -2.76. The number of hydrogen-bond donors (Lipinski definition) is 1. The molecule has 2 amide bonds. The molecule has 1 aromatic carbocycles. The van der Waals surface area contributed by atoms with Crippen LogP contribution in [0.5, 0.6) is 5.75 Å². The largest absolute Gasteiger partial charge is 0.473 e. The molecule has 0 spiro atoms. The second-order valence-corrected chi connectivity index (χ2v) is 6.20. The van der Waals surface area contributed by atoms with Crippen LogP contribution in [-0.4, -0.2) is 48.8 Å². The number of aryl methyl sites for hydroxylation is 2. The lowest BCUT2D eigenvalue weighted by molar-refractivity contribution is 0.181. The number of carbonyl (C=O) groups is 1. The number of ether oxygens (including phenoxy) is 1. The monoisotopic (exact) mass is 340 g/mol. The van der Waals surface area contributed by atoms with E-state index in [0.29, 0.717) is 13.1 Å². The second-order valence-electron chi connectivity index (χ2n) is 6.20. The molecule has 0 unspecified atom stereocenters. The number of aromatic nitrogens is 1. The molecule has 1 N–H and O–H groups in total. The van der Waals surface area contributed by atoms with Crippen LogP contribution < -0.4 is 15.0 Å². The van der Waals surface area contributed by atoms with E-state index in [0.717, 1.165) is 30.2 Å². The van der Waals surface area contributed by atoms with Gasteiger partial charge in [0.2, 0.25) is 0 Å². The molecule has 2 aromatic rings. The normalized spacial score (nSPS) is 14.3. The summed E-state index contributed by atoms with van der Waals surface area (Å²) in [6.45, 7) is 7.12. The number of urea groups is 1. The lowest BCUT2D eigenvalue weighted by Gasteiger charge is -2.35. The van der Waals surface area contributed by atoms with Crippen LogP contribution in [0.2, 0.25) is 0 Å². The summed E-state index contributed by atoms with van der Waals surface area (Å²) in [6.07, 6.45) is 1.79. The van der Waals surface area contributed by atoms with Gasteiger partial charge in [0, 0.05) is 32.4 Å². The standard InChI is InChI=1S/C19H24N4O2/c1-15-6-7-17(16(2)13-15)25-14-21-19(24)23-11-9-22(10-12-23)18-5-3-4-8-20-18/h3-8,13H,9-12,14H2,1-2H3,(H,21,24). The summed E-state index contributed by atoms with van der Waals surface area (Å²) < 4.78 is 5.66. The summed E-state index contributed by atoms with van der Waals surface area (Å²) in [5, 5.41) is 2.83. The number of hydrogen-bond acceptors (Lipinski definition) is 4. The van der Waals surface area contributed by atoms with Crippen LogP contribution in [0.1, 0.15) is 11.1 Å². The molecule has 1 aliphatic heterocycles. The molecule has 1 aromatic heterocycles. The minimum Gasteiger partial charge on any atom is -0.473 e. The van der Waals surface area contributed by atoms with Crippen molar-refractivity contribution in [3.63, 3.8) is 0 Å². The Morgan fingerprint density at radius 1 is 1.16 bits per heavy atom. The Morgan fingerprint density at radius 2 is 1.96 bits per heavy atom. The summed E-state index contributed by atoms with van der Waals surface area (Å²) >= 11 is 0. The van der Waals surface area contributed by atoms with Crippen molar-refractivity contribution in [3.05, 3.63) is 53.7 Å². The summed E-state index contributed by atoms with van der Waals surface area (Å²) in [5.41, 5.74) is 2.26. The van der Waals surface area contributed by atoms with Gasteiger partial charge in [-0.15, -0.1) is 0 Å². The van der Waals surface area contributed by atoms with Gasteiger partial charge in [-0.1, -0.05) is 23.8 Å². The lowest BCUT2D eigenvalue weighted by atomic mass is 10.1. The number of carbonyl (C=O) groups excluding carboxylic acids is 1. The Labute approximate surface area is 148 Å². The first-order valence-corrected chi connectivity index (χ1v) is 8.52. The second kappa shape index (κ2) is 7.88. The summed E-state index contributed by atoms with van der Waals surface area (Å²) in [7, 11) is 0. The SMILES string of the molecule is Cc1ccc(OCNC(=O)N2CCN(c3ccccn3)CC2)c(C)c1. The molecule has 1 aliphatic rings. The van der Waals surface area contributed by atoms with E-state index in [1.54, 1.807) is 6.20 Å². The molecule has 1 fully saturated rings. The fourth-order valence-electron chi connectivity index (χ4n) is 2.93. The van der Waals surface area contributed by atoms with E-state index in [9.17, 15) is 4.79 Å². The first-order valence-electron chi connectivity index (χ1n) is 8.52. The van der Waals surface area contributed by atoms with E-state index in [4.69, 9.17) is 4.74 Å². The lowest BCUT2D eigenvalue weighted by Crippen LogP contribution is -2.52. The zero-order valence-corrected chi connectivity index (χ0v) is 14.7. The van der Waals surface area contributed by atoms with Gasteiger partial charge >= 0.3 is 6.03 Å². The van der Waals surface area contributed by atoms with Crippen LogP contribution in [0.15, 0.2) is 42.6 Å². The third-order valence-corrected chi connectivity index (χ3v) is 4.32. The number of nitrogens with zero attached hydrogens (tertiary/aromatic N) is 3. The molecule has 1 saturated heterocycles.